The zero-order chi connectivity index (χ0) is 17.6. The SMILES string of the molecule is Cc1ccc(-c2noc(CS[C@H](C)C(=O)Nc3ccccc3)n2)cc1. The minimum atomic E-state index is -0.227. The lowest BCUT2D eigenvalue weighted by Crippen LogP contribution is -2.22. The van der Waals surface area contributed by atoms with Crippen LogP contribution in [0.15, 0.2) is 59.1 Å². The molecule has 0 unspecified atom stereocenters. The molecule has 1 atom stereocenters. The molecule has 0 aliphatic heterocycles. The van der Waals surface area contributed by atoms with Crippen LogP contribution >= 0.6 is 11.8 Å². The third-order valence-corrected chi connectivity index (χ3v) is 4.77. The van der Waals surface area contributed by atoms with Gasteiger partial charge in [-0.15, -0.1) is 11.8 Å². The van der Waals surface area contributed by atoms with Gasteiger partial charge in [0.05, 0.1) is 11.0 Å². The van der Waals surface area contributed by atoms with Crippen molar-refractivity contribution in [3.8, 4) is 11.4 Å². The second-order valence-corrected chi connectivity index (χ2v) is 7.02. The van der Waals surface area contributed by atoms with Crippen LogP contribution in [0.3, 0.4) is 0 Å². The number of carbonyl (C=O) groups is 1. The maximum atomic E-state index is 12.2. The molecular formula is C19H19N3O2S. The summed E-state index contributed by atoms with van der Waals surface area (Å²) in [6.07, 6.45) is 0. The Labute approximate surface area is 150 Å². The topological polar surface area (TPSA) is 68.0 Å². The molecule has 0 spiro atoms. The van der Waals surface area contributed by atoms with Crippen molar-refractivity contribution in [2.24, 2.45) is 0 Å². The lowest BCUT2D eigenvalue weighted by Gasteiger charge is -2.10. The molecule has 3 aromatic rings. The van der Waals surface area contributed by atoms with E-state index in [1.54, 1.807) is 0 Å². The van der Waals surface area contributed by atoms with E-state index in [-0.39, 0.29) is 11.2 Å². The van der Waals surface area contributed by atoms with Gasteiger partial charge in [0.2, 0.25) is 17.6 Å². The van der Waals surface area contributed by atoms with E-state index in [0.717, 1.165) is 11.3 Å². The number of carbonyl (C=O) groups excluding carboxylic acids is 1. The number of nitrogens with one attached hydrogen (secondary N) is 1. The smallest absolute Gasteiger partial charge is 0.237 e. The number of rotatable bonds is 6. The normalized spacial score (nSPS) is 11.9. The van der Waals surface area contributed by atoms with Crippen LogP contribution in [0.2, 0.25) is 0 Å². The number of aryl methyl sites for hydroxylation is 1. The van der Waals surface area contributed by atoms with E-state index in [1.807, 2.05) is 68.4 Å². The molecule has 3 rings (SSSR count). The van der Waals surface area contributed by atoms with Crippen molar-refractivity contribution < 1.29 is 9.32 Å². The van der Waals surface area contributed by atoms with Crippen molar-refractivity contribution in [2.45, 2.75) is 24.9 Å². The molecule has 2 aromatic carbocycles. The highest BCUT2D eigenvalue weighted by Crippen LogP contribution is 2.21. The molecule has 0 saturated heterocycles. The summed E-state index contributed by atoms with van der Waals surface area (Å²) in [4.78, 5) is 16.6. The fourth-order valence-corrected chi connectivity index (χ4v) is 2.89. The number of anilines is 1. The van der Waals surface area contributed by atoms with Crippen LogP contribution < -0.4 is 5.32 Å². The molecule has 6 heteroatoms. The summed E-state index contributed by atoms with van der Waals surface area (Å²) in [5.74, 6) is 1.52. The first-order chi connectivity index (χ1) is 12.1. The first kappa shape index (κ1) is 17.2. The van der Waals surface area contributed by atoms with Gasteiger partial charge in [-0.2, -0.15) is 4.98 Å². The Bertz CT molecular complexity index is 831. The average molecular weight is 353 g/mol. The van der Waals surface area contributed by atoms with Gasteiger partial charge in [-0.25, -0.2) is 0 Å². The monoisotopic (exact) mass is 353 g/mol. The Morgan fingerprint density at radius 3 is 2.60 bits per heavy atom. The predicted molar refractivity (Wildman–Crippen MR) is 100 cm³/mol. The predicted octanol–water partition coefficient (Wildman–Crippen LogP) is 4.31. The van der Waals surface area contributed by atoms with Crippen LogP contribution in [-0.4, -0.2) is 21.3 Å². The van der Waals surface area contributed by atoms with Crippen molar-refractivity contribution in [1.82, 2.24) is 10.1 Å². The van der Waals surface area contributed by atoms with Crippen LogP contribution in [-0.2, 0) is 10.5 Å². The van der Waals surface area contributed by atoms with Gasteiger partial charge < -0.3 is 9.84 Å². The molecule has 0 aliphatic carbocycles. The fraction of sp³-hybridized carbons (Fsp3) is 0.211. The molecule has 0 fully saturated rings. The summed E-state index contributed by atoms with van der Waals surface area (Å²) in [6, 6.07) is 17.4. The van der Waals surface area contributed by atoms with E-state index in [4.69, 9.17) is 4.52 Å². The molecule has 5 nitrogen and oxygen atoms in total. The molecule has 1 aromatic heterocycles. The van der Waals surface area contributed by atoms with Crippen LogP contribution in [0.5, 0.6) is 0 Å². The van der Waals surface area contributed by atoms with Gasteiger partial charge in [0.25, 0.3) is 0 Å². The Kier molecular flexibility index (Phi) is 5.50. The fourth-order valence-electron chi connectivity index (χ4n) is 2.17. The number of aromatic nitrogens is 2. The molecular weight excluding hydrogens is 334 g/mol. The van der Waals surface area contributed by atoms with Crippen LogP contribution in [0.25, 0.3) is 11.4 Å². The minimum absolute atomic E-state index is 0.0468. The standard InChI is InChI=1S/C19H19N3O2S/c1-13-8-10-15(11-9-13)18-21-17(24-22-18)12-25-14(2)19(23)20-16-6-4-3-5-7-16/h3-11,14H,12H2,1-2H3,(H,20,23)/t14-/m1/s1. The highest BCUT2D eigenvalue weighted by molar-refractivity contribution is 7.99. The summed E-state index contributed by atoms with van der Waals surface area (Å²) < 4.78 is 5.28. The van der Waals surface area contributed by atoms with Crippen LogP contribution in [0, 0.1) is 6.92 Å². The molecule has 128 valence electrons. The van der Waals surface area contributed by atoms with Crippen LogP contribution in [0.4, 0.5) is 5.69 Å². The van der Waals surface area contributed by atoms with Crippen molar-refractivity contribution >= 4 is 23.4 Å². The summed E-state index contributed by atoms with van der Waals surface area (Å²) in [6.45, 7) is 3.89. The van der Waals surface area contributed by atoms with Gasteiger partial charge in [-0.05, 0) is 26.0 Å². The number of nitrogens with zero attached hydrogens (tertiary/aromatic N) is 2. The number of para-hydroxylation sites is 1. The van der Waals surface area contributed by atoms with E-state index in [1.165, 1.54) is 17.3 Å². The second-order valence-electron chi connectivity index (χ2n) is 5.69. The molecule has 0 saturated carbocycles. The van der Waals surface area contributed by atoms with Crippen molar-refractivity contribution in [2.75, 3.05) is 5.32 Å². The van der Waals surface area contributed by atoms with Gasteiger partial charge >= 0.3 is 0 Å². The summed E-state index contributed by atoms with van der Waals surface area (Å²) in [5, 5.41) is 6.67. The first-order valence-electron chi connectivity index (χ1n) is 7.99. The third-order valence-electron chi connectivity index (χ3n) is 3.65. The lowest BCUT2D eigenvalue weighted by atomic mass is 10.1. The third kappa shape index (κ3) is 4.70. The summed E-state index contributed by atoms with van der Waals surface area (Å²) >= 11 is 1.46. The molecule has 1 N–H and O–H groups in total. The van der Waals surface area contributed by atoms with E-state index in [2.05, 4.69) is 15.5 Å². The molecule has 0 bridgehead atoms. The number of hydrogen-bond acceptors (Lipinski definition) is 5. The molecule has 25 heavy (non-hydrogen) atoms. The van der Waals surface area contributed by atoms with Crippen molar-refractivity contribution in [3.05, 3.63) is 66.1 Å². The summed E-state index contributed by atoms with van der Waals surface area (Å²) in [5.41, 5.74) is 2.89. The second kappa shape index (κ2) is 7.98. The maximum absolute atomic E-state index is 12.2. The average Bonchev–Trinajstić information content (AvgIpc) is 3.10. The van der Waals surface area contributed by atoms with E-state index >= 15 is 0 Å². The Morgan fingerprint density at radius 1 is 1.16 bits per heavy atom. The van der Waals surface area contributed by atoms with Gasteiger partial charge in [-0.1, -0.05) is 53.2 Å². The molecule has 0 aliphatic rings. The Balaban J connectivity index is 1.54. The van der Waals surface area contributed by atoms with Gasteiger partial charge in [0, 0.05) is 11.3 Å². The Morgan fingerprint density at radius 2 is 1.88 bits per heavy atom. The zero-order valence-electron chi connectivity index (χ0n) is 14.1. The summed E-state index contributed by atoms with van der Waals surface area (Å²) in [7, 11) is 0. The largest absolute Gasteiger partial charge is 0.338 e. The van der Waals surface area contributed by atoms with Crippen LogP contribution in [0.1, 0.15) is 18.4 Å². The molecule has 0 radical (unpaired) electrons. The highest BCUT2D eigenvalue weighted by Gasteiger charge is 2.16. The quantitative estimate of drug-likeness (QED) is 0.715. The number of thioether (sulfide) groups is 1. The van der Waals surface area contributed by atoms with Crippen molar-refractivity contribution in [3.63, 3.8) is 0 Å². The van der Waals surface area contributed by atoms with Gasteiger partial charge in [0.15, 0.2) is 0 Å². The molecule has 1 amide bonds. The number of benzene rings is 2. The Hall–Kier alpha value is -2.60. The zero-order valence-corrected chi connectivity index (χ0v) is 14.9. The van der Waals surface area contributed by atoms with Gasteiger partial charge in [0.1, 0.15) is 0 Å². The molecule has 1 heterocycles. The van der Waals surface area contributed by atoms with E-state index in [0.29, 0.717) is 17.5 Å². The first-order valence-corrected chi connectivity index (χ1v) is 9.04. The number of hydrogen-bond donors (Lipinski definition) is 1. The minimum Gasteiger partial charge on any atom is -0.338 e. The number of amides is 1. The van der Waals surface area contributed by atoms with Crippen molar-refractivity contribution in [1.29, 1.82) is 0 Å². The maximum Gasteiger partial charge on any atom is 0.237 e. The van der Waals surface area contributed by atoms with Gasteiger partial charge in [-0.3, -0.25) is 4.79 Å². The lowest BCUT2D eigenvalue weighted by molar-refractivity contribution is -0.115. The van der Waals surface area contributed by atoms with E-state index in [9.17, 15) is 4.79 Å². The highest BCUT2D eigenvalue weighted by atomic mass is 32.2. The van der Waals surface area contributed by atoms with E-state index < -0.39 is 0 Å².